The van der Waals surface area contributed by atoms with Crippen LogP contribution in [0.5, 0.6) is 0 Å². The van der Waals surface area contributed by atoms with E-state index in [0.717, 1.165) is 18.4 Å². The highest BCUT2D eigenvalue weighted by atomic mass is 16.5. The zero-order valence-electron chi connectivity index (χ0n) is 7.35. The van der Waals surface area contributed by atoms with Crippen LogP contribution in [0, 0.1) is 0 Å². The number of rotatable bonds is 6. The second-order valence-electron chi connectivity index (χ2n) is 2.58. The van der Waals surface area contributed by atoms with E-state index >= 15 is 0 Å². The van der Waals surface area contributed by atoms with Crippen molar-refractivity contribution in [2.45, 2.75) is 26.2 Å². The maximum Gasteiger partial charge on any atom is 0.158 e. The molecule has 11 heavy (non-hydrogen) atoms. The molecule has 0 saturated heterocycles. The van der Waals surface area contributed by atoms with Gasteiger partial charge in [0.15, 0.2) is 5.78 Å². The number of ether oxygens (including phenoxy) is 1. The summed E-state index contributed by atoms with van der Waals surface area (Å²) in [6, 6.07) is 0. The highest BCUT2D eigenvalue weighted by Crippen LogP contribution is 2.06. The normalized spacial score (nSPS) is 9.64. The van der Waals surface area contributed by atoms with Crippen LogP contribution >= 0.6 is 0 Å². The second kappa shape index (κ2) is 6.10. The van der Waals surface area contributed by atoms with Crippen molar-refractivity contribution < 1.29 is 9.53 Å². The summed E-state index contributed by atoms with van der Waals surface area (Å²) in [7, 11) is 1.53. The summed E-state index contributed by atoms with van der Waals surface area (Å²) in [4.78, 5) is 10.9. The van der Waals surface area contributed by atoms with Crippen molar-refractivity contribution in [1.29, 1.82) is 0 Å². The number of hydrogen-bond acceptors (Lipinski definition) is 2. The average molecular weight is 156 g/mol. The predicted molar refractivity (Wildman–Crippen MR) is 45.5 cm³/mol. The van der Waals surface area contributed by atoms with Gasteiger partial charge in [0.1, 0.15) is 6.61 Å². The van der Waals surface area contributed by atoms with Crippen LogP contribution in [0.4, 0.5) is 0 Å². The summed E-state index contributed by atoms with van der Waals surface area (Å²) >= 11 is 0. The second-order valence-corrected chi connectivity index (χ2v) is 2.58. The van der Waals surface area contributed by atoms with Crippen LogP contribution < -0.4 is 0 Å². The fraction of sp³-hybridized carbons (Fsp3) is 0.667. The third-order valence-corrected chi connectivity index (χ3v) is 1.56. The molecule has 2 heteroatoms. The molecule has 0 unspecified atom stereocenters. The molecule has 0 rings (SSSR count). The Morgan fingerprint density at radius 3 is 2.55 bits per heavy atom. The van der Waals surface area contributed by atoms with Crippen LogP contribution in [-0.4, -0.2) is 19.5 Å². The van der Waals surface area contributed by atoms with E-state index in [1.807, 2.05) is 6.92 Å². The topological polar surface area (TPSA) is 26.3 Å². The molecular formula is C9H16O2. The van der Waals surface area contributed by atoms with Crippen LogP contribution in [0.2, 0.25) is 0 Å². The first kappa shape index (κ1) is 10.4. The monoisotopic (exact) mass is 156 g/mol. The Balaban J connectivity index is 3.38. The van der Waals surface area contributed by atoms with E-state index in [4.69, 9.17) is 4.74 Å². The highest BCUT2D eigenvalue weighted by Gasteiger charge is 2.00. The van der Waals surface area contributed by atoms with Crippen molar-refractivity contribution in [2.75, 3.05) is 13.7 Å². The Bertz CT molecular complexity index is 138. The predicted octanol–water partition coefficient (Wildman–Crippen LogP) is 1.95. The van der Waals surface area contributed by atoms with E-state index in [9.17, 15) is 4.79 Å². The lowest BCUT2D eigenvalue weighted by Crippen LogP contribution is -2.05. The number of Topliss-reactive ketones (excluding diaryl/α,β-unsaturated/α-hetero) is 1. The number of allylic oxidation sites excluding steroid dienone is 1. The molecule has 0 aliphatic carbocycles. The number of ketones is 1. The molecule has 0 radical (unpaired) electrons. The first-order chi connectivity index (χ1) is 5.20. The molecule has 0 heterocycles. The fourth-order valence-corrected chi connectivity index (χ4v) is 0.726. The zero-order chi connectivity index (χ0) is 8.69. The maximum atomic E-state index is 10.9. The Morgan fingerprint density at radius 2 is 2.09 bits per heavy atom. The van der Waals surface area contributed by atoms with Crippen LogP contribution in [0.25, 0.3) is 0 Å². The van der Waals surface area contributed by atoms with Crippen molar-refractivity contribution in [3.05, 3.63) is 12.2 Å². The summed E-state index contributed by atoms with van der Waals surface area (Å²) in [5.74, 6) is 0.155. The molecule has 0 aromatic rings. The molecule has 0 aliphatic rings. The SMILES string of the molecule is C=C(CC)CCC(=O)COC. The van der Waals surface area contributed by atoms with Gasteiger partial charge in [-0.25, -0.2) is 0 Å². The Morgan fingerprint density at radius 1 is 1.45 bits per heavy atom. The quantitative estimate of drug-likeness (QED) is 0.549. The van der Waals surface area contributed by atoms with Gasteiger partial charge >= 0.3 is 0 Å². The van der Waals surface area contributed by atoms with Crippen molar-refractivity contribution >= 4 is 5.78 Å². The van der Waals surface area contributed by atoms with Gasteiger partial charge in [-0.05, 0) is 12.8 Å². The molecule has 0 aliphatic heterocycles. The first-order valence-corrected chi connectivity index (χ1v) is 3.88. The minimum absolute atomic E-state index is 0.155. The van der Waals surface area contributed by atoms with Gasteiger partial charge in [-0.15, -0.1) is 0 Å². The van der Waals surface area contributed by atoms with Crippen LogP contribution in [0.1, 0.15) is 26.2 Å². The Kier molecular flexibility index (Phi) is 5.75. The largest absolute Gasteiger partial charge is 0.377 e. The lowest BCUT2D eigenvalue weighted by Gasteiger charge is -2.00. The lowest BCUT2D eigenvalue weighted by atomic mass is 10.1. The zero-order valence-corrected chi connectivity index (χ0v) is 7.35. The van der Waals surface area contributed by atoms with Crippen LogP contribution in [0.15, 0.2) is 12.2 Å². The first-order valence-electron chi connectivity index (χ1n) is 3.88. The van der Waals surface area contributed by atoms with Crippen LogP contribution in [-0.2, 0) is 9.53 Å². The van der Waals surface area contributed by atoms with E-state index in [-0.39, 0.29) is 12.4 Å². The molecule has 0 spiro atoms. The molecule has 0 bridgehead atoms. The summed E-state index contributed by atoms with van der Waals surface area (Å²) in [6.07, 6.45) is 2.33. The number of hydrogen-bond donors (Lipinski definition) is 0. The van der Waals surface area contributed by atoms with Gasteiger partial charge in [-0.1, -0.05) is 19.1 Å². The smallest absolute Gasteiger partial charge is 0.158 e. The minimum atomic E-state index is 0.155. The van der Waals surface area contributed by atoms with Gasteiger partial charge in [0.05, 0.1) is 0 Å². The molecule has 0 atom stereocenters. The van der Waals surface area contributed by atoms with E-state index in [1.165, 1.54) is 7.11 Å². The lowest BCUT2D eigenvalue weighted by molar-refractivity contribution is -0.122. The van der Waals surface area contributed by atoms with Crippen molar-refractivity contribution in [3.8, 4) is 0 Å². The third kappa shape index (κ3) is 5.80. The van der Waals surface area contributed by atoms with Gasteiger partial charge in [-0.2, -0.15) is 0 Å². The minimum Gasteiger partial charge on any atom is -0.377 e. The molecular weight excluding hydrogens is 140 g/mol. The van der Waals surface area contributed by atoms with E-state index in [1.54, 1.807) is 0 Å². The number of carbonyl (C=O) groups excluding carboxylic acids is 1. The number of carbonyl (C=O) groups is 1. The molecule has 2 nitrogen and oxygen atoms in total. The summed E-state index contributed by atoms with van der Waals surface area (Å²) in [5, 5.41) is 0. The Labute approximate surface area is 68.2 Å². The van der Waals surface area contributed by atoms with Gasteiger partial charge in [-0.3, -0.25) is 4.79 Å². The van der Waals surface area contributed by atoms with E-state index < -0.39 is 0 Å². The van der Waals surface area contributed by atoms with Gasteiger partial charge in [0.2, 0.25) is 0 Å². The van der Waals surface area contributed by atoms with Gasteiger partial charge < -0.3 is 4.74 Å². The van der Waals surface area contributed by atoms with E-state index in [2.05, 4.69) is 6.58 Å². The van der Waals surface area contributed by atoms with Gasteiger partial charge in [0.25, 0.3) is 0 Å². The van der Waals surface area contributed by atoms with E-state index in [0.29, 0.717) is 6.42 Å². The number of methoxy groups -OCH3 is 1. The van der Waals surface area contributed by atoms with Crippen molar-refractivity contribution in [1.82, 2.24) is 0 Å². The summed E-state index contributed by atoms with van der Waals surface area (Å²) in [5.41, 5.74) is 1.13. The van der Waals surface area contributed by atoms with Crippen LogP contribution in [0.3, 0.4) is 0 Å². The molecule has 64 valence electrons. The standard InChI is InChI=1S/C9H16O2/c1-4-8(2)5-6-9(10)7-11-3/h2,4-7H2,1,3H3. The van der Waals surface area contributed by atoms with Gasteiger partial charge in [0, 0.05) is 13.5 Å². The summed E-state index contributed by atoms with van der Waals surface area (Å²) < 4.78 is 4.69. The molecule has 0 fully saturated rings. The highest BCUT2D eigenvalue weighted by molar-refractivity contribution is 5.79. The third-order valence-electron chi connectivity index (χ3n) is 1.56. The molecule has 0 saturated carbocycles. The molecule has 0 N–H and O–H groups in total. The molecule has 0 amide bonds. The van der Waals surface area contributed by atoms with Crippen molar-refractivity contribution in [2.24, 2.45) is 0 Å². The molecule has 0 aromatic heterocycles. The average Bonchev–Trinajstić information content (AvgIpc) is 2.01. The maximum absolute atomic E-state index is 10.9. The summed E-state index contributed by atoms with van der Waals surface area (Å²) in [6.45, 7) is 6.09. The molecule has 0 aromatic carbocycles. The Hall–Kier alpha value is -0.630. The van der Waals surface area contributed by atoms with Crippen molar-refractivity contribution in [3.63, 3.8) is 0 Å². The fourth-order valence-electron chi connectivity index (χ4n) is 0.726.